The van der Waals surface area contributed by atoms with Crippen LogP contribution in [0.15, 0.2) is 17.1 Å². The lowest BCUT2D eigenvalue weighted by Gasteiger charge is -2.10. The van der Waals surface area contributed by atoms with E-state index < -0.39 is 0 Å². The normalized spacial score (nSPS) is 11.4. The van der Waals surface area contributed by atoms with Gasteiger partial charge in [0.05, 0.1) is 5.52 Å². The number of nitrogens with one attached hydrogen (secondary N) is 1. The third kappa shape index (κ3) is 1.23. The van der Waals surface area contributed by atoms with Crippen LogP contribution >= 0.6 is 11.6 Å². The topological polar surface area (TPSA) is 50.7 Å². The molecule has 0 radical (unpaired) electrons. The van der Waals surface area contributed by atoms with Gasteiger partial charge in [-0.15, -0.1) is 0 Å². The van der Waals surface area contributed by atoms with Crippen molar-refractivity contribution in [2.24, 2.45) is 0 Å². The molecular formula is C9H10ClN3O. The number of fused-ring (bicyclic) bond motifs is 1. The number of H-pyrrole nitrogens is 1. The Kier molecular flexibility index (Phi) is 2.07. The second-order valence-electron chi connectivity index (χ2n) is 3.39. The number of aromatic amines is 1. The minimum atomic E-state index is -0.125. The van der Waals surface area contributed by atoms with Crippen molar-refractivity contribution in [2.75, 3.05) is 0 Å². The fraction of sp³-hybridized carbons (Fsp3) is 0.333. The predicted octanol–water partition coefficient (Wildman–Crippen LogP) is 1.96. The fourth-order valence-corrected chi connectivity index (χ4v) is 1.79. The van der Waals surface area contributed by atoms with Gasteiger partial charge in [0, 0.05) is 12.2 Å². The summed E-state index contributed by atoms with van der Waals surface area (Å²) >= 11 is 5.90. The summed E-state index contributed by atoms with van der Waals surface area (Å²) in [7, 11) is 0. The molecule has 4 nitrogen and oxygen atoms in total. The zero-order valence-corrected chi connectivity index (χ0v) is 8.67. The smallest absolute Gasteiger partial charge is 0.279 e. The molecule has 2 heterocycles. The Bertz CT molecular complexity index is 526. The van der Waals surface area contributed by atoms with Crippen molar-refractivity contribution in [3.05, 3.63) is 27.9 Å². The highest BCUT2D eigenvalue weighted by Crippen LogP contribution is 2.13. The van der Waals surface area contributed by atoms with Crippen molar-refractivity contribution in [1.82, 2.24) is 14.5 Å². The lowest BCUT2D eigenvalue weighted by Crippen LogP contribution is -2.23. The van der Waals surface area contributed by atoms with E-state index in [1.807, 2.05) is 13.8 Å². The van der Waals surface area contributed by atoms with Gasteiger partial charge in [-0.25, -0.2) is 4.98 Å². The third-order valence-electron chi connectivity index (χ3n) is 2.09. The summed E-state index contributed by atoms with van der Waals surface area (Å²) in [4.78, 5) is 18.8. The molecule has 0 amide bonds. The molecule has 5 heteroatoms. The van der Waals surface area contributed by atoms with Gasteiger partial charge >= 0.3 is 0 Å². The van der Waals surface area contributed by atoms with Gasteiger partial charge in [0.1, 0.15) is 5.52 Å². The highest BCUT2D eigenvalue weighted by atomic mass is 35.5. The van der Waals surface area contributed by atoms with Crippen LogP contribution < -0.4 is 5.56 Å². The average Bonchev–Trinajstić information content (AvgIpc) is 2.50. The molecular weight excluding hydrogens is 202 g/mol. The Morgan fingerprint density at radius 2 is 2.29 bits per heavy atom. The zero-order chi connectivity index (χ0) is 10.3. The van der Waals surface area contributed by atoms with Crippen molar-refractivity contribution < 1.29 is 0 Å². The van der Waals surface area contributed by atoms with Gasteiger partial charge in [0.25, 0.3) is 5.56 Å². The molecule has 2 aromatic rings. The maximum Gasteiger partial charge on any atom is 0.279 e. The standard InChI is InChI=1S/C9H10ClN3O/c1-5(2)13-8(14)7-6(3-4-11-7)12-9(13)10/h3-5,11H,1-2H3. The first-order chi connectivity index (χ1) is 6.61. The van der Waals surface area contributed by atoms with E-state index in [1.54, 1.807) is 12.3 Å². The Balaban J connectivity index is 2.90. The largest absolute Gasteiger partial charge is 0.355 e. The minimum absolute atomic E-state index is 0.00944. The van der Waals surface area contributed by atoms with Gasteiger partial charge in [-0.3, -0.25) is 9.36 Å². The maximum atomic E-state index is 11.9. The van der Waals surface area contributed by atoms with Crippen molar-refractivity contribution >= 4 is 22.6 Å². The van der Waals surface area contributed by atoms with E-state index in [4.69, 9.17) is 11.6 Å². The molecule has 0 aliphatic rings. The number of aromatic nitrogens is 3. The summed E-state index contributed by atoms with van der Waals surface area (Å²) in [5, 5.41) is 0.233. The number of rotatable bonds is 1. The van der Waals surface area contributed by atoms with Crippen molar-refractivity contribution in [1.29, 1.82) is 0 Å². The fourth-order valence-electron chi connectivity index (χ4n) is 1.43. The number of hydrogen-bond donors (Lipinski definition) is 1. The van der Waals surface area contributed by atoms with E-state index in [1.165, 1.54) is 4.57 Å². The van der Waals surface area contributed by atoms with E-state index in [2.05, 4.69) is 9.97 Å². The second kappa shape index (κ2) is 3.13. The van der Waals surface area contributed by atoms with Gasteiger partial charge in [-0.1, -0.05) is 0 Å². The number of nitrogens with zero attached hydrogens (tertiary/aromatic N) is 2. The highest BCUT2D eigenvalue weighted by molar-refractivity contribution is 6.28. The molecule has 0 aromatic carbocycles. The molecule has 14 heavy (non-hydrogen) atoms. The number of halogens is 1. The number of hydrogen-bond acceptors (Lipinski definition) is 2. The first-order valence-electron chi connectivity index (χ1n) is 4.36. The molecule has 2 rings (SSSR count). The van der Waals surface area contributed by atoms with Gasteiger partial charge < -0.3 is 4.98 Å². The van der Waals surface area contributed by atoms with Crippen LogP contribution in [0.2, 0.25) is 5.28 Å². The molecule has 0 spiro atoms. The van der Waals surface area contributed by atoms with Gasteiger partial charge in [0.2, 0.25) is 5.28 Å². The Hall–Kier alpha value is -1.29. The van der Waals surface area contributed by atoms with Crippen LogP contribution in [0, 0.1) is 0 Å². The monoisotopic (exact) mass is 211 g/mol. The SMILES string of the molecule is CC(C)n1c(Cl)nc2cc[nH]c2c1=O. The van der Waals surface area contributed by atoms with Gasteiger partial charge in [0.15, 0.2) is 0 Å². The lowest BCUT2D eigenvalue weighted by atomic mass is 10.3. The molecule has 0 fully saturated rings. The van der Waals surface area contributed by atoms with Crippen molar-refractivity contribution in [2.45, 2.75) is 19.9 Å². The van der Waals surface area contributed by atoms with Crippen LogP contribution in [-0.2, 0) is 0 Å². The highest BCUT2D eigenvalue weighted by Gasteiger charge is 2.11. The maximum absolute atomic E-state index is 11.9. The van der Waals surface area contributed by atoms with E-state index >= 15 is 0 Å². The van der Waals surface area contributed by atoms with Crippen LogP contribution in [0.3, 0.4) is 0 Å². The predicted molar refractivity (Wildman–Crippen MR) is 55.7 cm³/mol. The molecule has 0 unspecified atom stereocenters. The molecule has 0 aliphatic heterocycles. The van der Waals surface area contributed by atoms with Crippen molar-refractivity contribution in [3.8, 4) is 0 Å². The van der Waals surface area contributed by atoms with Crippen LogP contribution in [0.4, 0.5) is 0 Å². The summed E-state index contributed by atoms with van der Waals surface area (Å²) in [5.41, 5.74) is 0.986. The van der Waals surface area contributed by atoms with E-state index in [0.29, 0.717) is 11.0 Å². The molecule has 0 atom stereocenters. The van der Waals surface area contributed by atoms with Crippen LogP contribution in [-0.4, -0.2) is 14.5 Å². The molecule has 1 N–H and O–H groups in total. The lowest BCUT2D eigenvalue weighted by molar-refractivity contribution is 0.574. The minimum Gasteiger partial charge on any atom is -0.355 e. The summed E-state index contributed by atoms with van der Waals surface area (Å²) in [5.74, 6) is 0. The van der Waals surface area contributed by atoms with E-state index in [0.717, 1.165) is 0 Å². The Labute approximate surface area is 85.5 Å². The second-order valence-corrected chi connectivity index (χ2v) is 3.73. The molecule has 0 saturated heterocycles. The van der Waals surface area contributed by atoms with E-state index in [-0.39, 0.29) is 16.9 Å². The van der Waals surface area contributed by atoms with Crippen LogP contribution in [0.25, 0.3) is 11.0 Å². The van der Waals surface area contributed by atoms with Crippen molar-refractivity contribution in [3.63, 3.8) is 0 Å². The summed E-state index contributed by atoms with van der Waals surface area (Å²) in [6.45, 7) is 3.79. The van der Waals surface area contributed by atoms with E-state index in [9.17, 15) is 4.79 Å². The molecule has 0 bridgehead atoms. The quantitative estimate of drug-likeness (QED) is 0.734. The third-order valence-corrected chi connectivity index (χ3v) is 2.35. The molecule has 0 saturated carbocycles. The first-order valence-corrected chi connectivity index (χ1v) is 4.74. The van der Waals surface area contributed by atoms with Gasteiger partial charge in [-0.2, -0.15) is 0 Å². The molecule has 2 aromatic heterocycles. The molecule has 74 valence electrons. The summed E-state index contributed by atoms with van der Waals surface area (Å²) in [6, 6.07) is 1.74. The van der Waals surface area contributed by atoms with Crippen LogP contribution in [0.1, 0.15) is 19.9 Å². The zero-order valence-electron chi connectivity index (χ0n) is 7.91. The Morgan fingerprint density at radius 1 is 1.57 bits per heavy atom. The molecule has 0 aliphatic carbocycles. The summed E-state index contributed by atoms with van der Waals surface area (Å²) < 4.78 is 1.46. The van der Waals surface area contributed by atoms with Gasteiger partial charge in [-0.05, 0) is 31.5 Å². The first kappa shape index (κ1) is 9.27. The average molecular weight is 212 g/mol. The Morgan fingerprint density at radius 3 is 2.93 bits per heavy atom. The van der Waals surface area contributed by atoms with Crippen LogP contribution in [0.5, 0.6) is 0 Å². The summed E-state index contributed by atoms with van der Waals surface area (Å²) in [6.07, 6.45) is 1.68.